The van der Waals surface area contributed by atoms with Crippen LogP contribution in [-0.2, 0) is 10.3 Å². The van der Waals surface area contributed by atoms with Crippen LogP contribution in [0.2, 0.25) is 5.02 Å². The normalized spacial score (nSPS) is 17.6. The standard InChI is InChI=1S/C12H13Cl2NO/c13-8-11(16)15-12(6-3-7-12)9-4-1-2-5-10(9)14/h1-2,4-5H,3,6-8H2,(H,15,16). The maximum Gasteiger partial charge on any atom is 0.235 e. The van der Waals surface area contributed by atoms with Crippen molar-refractivity contribution in [3.8, 4) is 0 Å². The van der Waals surface area contributed by atoms with Gasteiger partial charge in [0.05, 0.1) is 5.54 Å². The summed E-state index contributed by atoms with van der Waals surface area (Å²) in [6, 6.07) is 7.65. The third-order valence-electron chi connectivity index (χ3n) is 3.10. The molecule has 0 bridgehead atoms. The molecule has 1 aliphatic rings. The summed E-state index contributed by atoms with van der Waals surface area (Å²) >= 11 is 11.7. The number of benzene rings is 1. The first kappa shape index (κ1) is 11.7. The molecule has 1 fully saturated rings. The van der Waals surface area contributed by atoms with Crippen molar-refractivity contribution in [1.82, 2.24) is 5.32 Å². The lowest BCUT2D eigenvalue weighted by Gasteiger charge is -2.43. The number of nitrogens with one attached hydrogen (secondary N) is 1. The quantitative estimate of drug-likeness (QED) is 0.829. The predicted octanol–water partition coefficient (Wildman–Crippen LogP) is 3.07. The number of amides is 1. The van der Waals surface area contributed by atoms with Crippen LogP contribution in [0, 0.1) is 0 Å². The van der Waals surface area contributed by atoms with Gasteiger partial charge in [0.25, 0.3) is 0 Å². The molecule has 0 atom stereocenters. The van der Waals surface area contributed by atoms with Gasteiger partial charge in [-0.2, -0.15) is 0 Å². The first-order chi connectivity index (χ1) is 7.68. The number of carbonyl (C=O) groups is 1. The highest BCUT2D eigenvalue weighted by Gasteiger charge is 2.40. The molecular weight excluding hydrogens is 245 g/mol. The van der Waals surface area contributed by atoms with Crippen molar-refractivity contribution >= 4 is 29.1 Å². The molecular formula is C12H13Cl2NO. The van der Waals surface area contributed by atoms with Gasteiger partial charge < -0.3 is 5.32 Å². The minimum Gasteiger partial charge on any atom is -0.345 e. The fraction of sp³-hybridized carbons (Fsp3) is 0.417. The topological polar surface area (TPSA) is 29.1 Å². The van der Waals surface area contributed by atoms with Crippen molar-refractivity contribution in [2.75, 3.05) is 5.88 Å². The van der Waals surface area contributed by atoms with Gasteiger partial charge in [0.15, 0.2) is 0 Å². The van der Waals surface area contributed by atoms with E-state index in [4.69, 9.17) is 23.2 Å². The average molecular weight is 258 g/mol. The Morgan fingerprint density at radius 1 is 1.38 bits per heavy atom. The fourth-order valence-electron chi connectivity index (χ4n) is 2.14. The Hall–Kier alpha value is -0.730. The number of hydrogen-bond donors (Lipinski definition) is 1. The molecule has 0 aliphatic heterocycles. The molecule has 4 heteroatoms. The highest BCUT2D eigenvalue weighted by molar-refractivity contribution is 6.31. The second kappa shape index (κ2) is 4.64. The van der Waals surface area contributed by atoms with Crippen molar-refractivity contribution < 1.29 is 4.79 Å². The first-order valence-corrected chi connectivity index (χ1v) is 6.21. The summed E-state index contributed by atoms with van der Waals surface area (Å²) in [5.74, 6) is -0.145. The van der Waals surface area contributed by atoms with E-state index < -0.39 is 0 Å². The van der Waals surface area contributed by atoms with Gasteiger partial charge in [0.1, 0.15) is 5.88 Å². The Bertz CT molecular complexity index is 402. The molecule has 0 aromatic heterocycles. The molecule has 1 aromatic carbocycles. The lowest BCUT2D eigenvalue weighted by atomic mass is 9.71. The van der Waals surface area contributed by atoms with Crippen LogP contribution >= 0.6 is 23.2 Å². The summed E-state index contributed by atoms with van der Waals surface area (Å²) < 4.78 is 0. The average Bonchev–Trinajstić information content (AvgIpc) is 2.24. The Kier molecular flexibility index (Phi) is 3.41. The van der Waals surface area contributed by atoms with E-state index in [1.165, 1.54) is 0 Å². The highest BCUT2D eigenvalue weighted by atomic mass is 35.5. The van der Waals surface area contributed by atoms with E-state index in [1.807, 2.05) is 24.3 Å². The van der Waals surface area contributed by atoms with Gasteiger partial charge in [0.2, 0.25) is 5.91 Å². The molecule has 2 nitrogen and oxygen atoms in total. The van der Waals surface area contributed by atoms with Crippen LogP contribution in [0.25, 0.3) is 0 Å². The molecule has 1 amide bonds. The van der Waals surface area contributed by atoms with Crippen molar-refractivity contribution in [2.24, 2.45) is 0 Å². The van der Waals surface area contributed by atoms with Gasteiger partial charge in [-0.25, -0.2) is 0 Å². The number of rotatable bonds is 3. The van der Waals surface area contributed by atoms with E-state index in [1.54, 1.807) is 0 Å². The number of carbonyl (C=O) groups excluding carboxylic acids is 1. The lowest BCUT2D eigenvalue weighted by molar-refractivity contribution is -0.121. The van der Waals surface area contributed by atoms with Crippen LogP contribution in [0.1, 0.15) is 24.8 Å². The van der Waals surface area contributed by atoms with Gasteiger partial charge in [-0.3, -0.25) is 4.79 Å². The van der Waals surface area contributed by atoms with Gasteiger partial charge >= 0.3 is 0 Å². The van der Waals surface area contributed by atoms with Crippen LogP contribution in [0.5, 0.6) is 0 Å². The number of alkyl halides is 1. The van der Waals surface area contributed by atoms with Crippen molar-refractivity contribution in [3.63, 3.8) is 0 Å². The summed E-state index contributed by atoms with van der Waals surface area (Å²) in [6.45, 7) is 0. The molecule has 0 spiro atoms. The molecule has 86 valence electrons. The molecule has 2 rings (SSSR count). The maximum absolute atomic E-state index is 11.4. The van der Waals surface area contributed by atoms with E-state index in [2.05, 4.69) is 5.32 Å². The zero-order valence-corrected chi connectivity index (χ0v) is 10.3. The van der Waals surface area contributed by atoms with E-state index in [0.29, 0.717) is 5.02 Å². The fourth-order valence-corrected chi connectivity index (χ4v) is 2.53. The Labute approximate surface area is 105 Å². The van der Waals surface area contributed by atoms with Crippen LogP contribution in [0.4, 0.5) is 0 Å². The monoisotopic (exact) mass is 257 g/mol. The van der Waals surface area contributed by atoms with Gasteiger partial charge in [-0.1, -0.05) is 29.8 Å². The molecule has 0 heterocycles. The number of hydrogen-bond acceptors (Lipinski definition) is 1. The largest absolute Gasteiger partial charge is 0.345 e. The third-order valence-corrected chi connectivity index (χ3v) is 3.67. The minimum atomic E-state index is -0.287. The van der Waals surface area contributed by atoms with Crippen molar-refractivity contribution in [2.45, 2.75) is 24.8 Å². The van der Waals surface area contributed by atoms with Crippen LogP contribution in [0.15, 0.2) is 24.3 Å². The number of halogens is 2. The van der Waals surface area contributed by atoms with Gasteiger partial charge in [-0.15, -0.1) is 11.6 Å². The zero-order chi connectivity index (χ0) is 11.6. The Balaban J connectivity index is 2.28. The highest BCUT2D eigenvalue weighted by Crippen LogP contribution is 2.43. The zero-order valence-electron chi connectivity index (χ0n) is 8.80. The summed E-state index contributed by atoms with van der Waals surface area (Å²) in [7, 11) is 0. The smallest absolute Gasteiger partial charge is 0.235 e. The summed E-state index contributed by atoms with van der Waals surface area (Å²) in [4.78, 5) is 11.4. The first-order valence-electron chi connectivity index (χ1n) is 5.30. The molecule has 1 saturated carbocycles. The third kappa shape index (κ3) is 2.04. The van der Waals surface area contributed by atoms with E-state index >= 15 is 0 Å². The maximum atomic E-state index is 11.4. The predicted molar refractivity (Wildman–Crippen MR) is 65.8 cm³/mol. The SMILES string of the molecule is O=C(CCl)NC1(c2ccccc2Cl)CCC1. The summed E-state index contributed by atoms with van der Waals surface area (Å²) in [5, 5.41) is 3.69. The second-order valence-corrected chi connectivity index (χ2v) is 4.77. The van der Waals surface area contributed by atoms with Gasteiger partial charge in [0, 0.05) is 5.02 Å². The Morgan fingerprint density at radius 2 is 2.06 bits per heavy atom. The molecule has 1 aromatic rings. The van der Waals surface area contributed by atoms with E-state index in [9.17, 15) is 4.79 Å². The van der Waals surface area contributed by atoms with Crippen LogP contribution < -0.4 is 5.32 Å². The van der Waals surface area contributed by atoms with E-state index in [0.717, 1.165) is 24.8 Å². The molecule has 0 unspecified atom stereocenters. The minimum absolute atomic E-state index is 0.00774. The second-order valence-electron chi connectivity index (χ2n) is 4.10. The van der Waals surface area contributed by atoms with E-state index in [-0.39, 0.29) is 17.3 Å². The molecule has 0 saturated heterocycles. The van der Waals surface area contributed by atoms with Crippen molar-refractivity contribution in [1.29, 1.82) is 0 Å². The van der Waals surface area contributed by atoms with Crippen molar-refractivity contribution in [3.05, 3.63) is 34.9 Å². The summed E-state index contributed by atoms with van der Waals surface area (Å²) in [6.07, 6.45) is 2.96. The lowest BCUT2D eigenvalue weighted by Crippen LogP contribution is -2.51. The molecule has 1 N–H and O–H groups in total. The molecule has 1 aliphatic carbocycles. The Morgan fingerprint density at radius 3 is 2.56 bits per heavy atom. The van der Waals surface area contributed by atoms with Crippen LogP contribution in [-0.4, -0.2) is 11.8 Å². The molecule has 0 radical (unpaired) electrons. The summed E-state index contributed by atoms with van der Waals surface area (Å²) in [5.41, 5.74) is 0.714. The van der Waals surface area contributed by atoms with Gasteiger partial charge in [-0.05, 0) is 30.9 Å². The van der Waals surface area contributed by atoms with Crippen LogP contribution in [0.3, 0.4) is 0 Å². The molecule has 16 heavy (non-hydrogen) atoms.